The van der Waals surface area contributed by atoms with Gasteiger partial charge in [0.05, 0.1) is 11.1 Å². The highest BCUT2D eigenvalue weighted by Gasteiger charge is 2.45. The maximum atomic E-state index is 15.0. The van der Waals surface area contributed by atoms with Gasteiger partial charge in [0, 0.05) is 30.8 Å². The molecule has 38 heavy (non-hydrogen) atoms. The summed E-state index contributed by atoms with van der Waals surface area (Å²) in [5.41, 5.74) is 2.20. The third-order valence-corrected chi connectivity index (χ3v) is 8.04. The van der Waals surface area contributed by atoms with Crippen LogP contribution < -0.4 is 10.6 Å². The molecule has 3 heterocycles. The number of carbonyl (C=O) groups excluding carboxylic acids is 4. The Morgan fingerprint density at radius 1 is 1.03 bits per heavy atom. The minimum Gasteiger partial charge on any atom is -0.380 e. The number of anilines is 1. The zero-order valence-corrected chi connectivity index (χ0v) is 21.8. The standard InChI is InChI=1S/C29H33FN4O4/c1-17(2)19-10-12-33(13-11-19)16-20-7-6-18(14-22(20)30)15-31-23-5-3-4-21-26(23)29(38)34(28(21)37)24-8-9-25(35)32-27(24)36/h3-7,14,17,19,24,31H,8-13,15-16H2,1-2H3,(H,32,35,36). The molecule has 2 aromatic carbocycles. The number of likely N-dealkylation sites (tertiary alicyclic amines) is 1. The van der Waals surface area contributed by atoms with Gasteiger partial charge in [-0.05, 0) is 68.0 Å². The summed E-state index contributed by atoms with van der Waals surface area (Å²) in [6.45, 7) is 7.33. The lowest BCUT2D eigenvalue weighted by molar-refractivity contribution is -0.136. The molecule has 2 saturated heterocycles. The summed E-state index contributed by atoms with van der Waals surface area (Å²) < 4.78 is 15.0. The number of hydrogen-bond donors (Lipinski definition) is 2. The fourth-order valence-corrected chi connectivity index (χ4v) is 5.71. The lowest BCUT2D eigenvalue weighted by Crippen LogP contribution is -2.54. The second-order valence-electron chi connectivity index (χ2n) is 10.8. The Kier molecular flexibility index (Phi) is 7.29. The Balaban J connectivity index is 1.25. The molecule has 4 amide bonds. The molecule has 8 nitrogen and oxygen atoms in total. The van der Waals surface area contributed by atoms with Gasteiger partial charge in [0.1, 0.15) is 11.9 Å². The average molecular weight is 521 g/mol. The first-order valence-electron chi connectivity index (χ1n) is 13.3. The molecule has 1 unspecified atom stereocenters. The summed E-state index contributed by atoms with van der Waals surface area (Å²) in [6, 6.07) is 9.06. The Bertz CT molecular complexity index is 1290. The summed E-state index contributed by atoms with van der Waals surface area (Å²) in [4.78, 5) is 53.3. The van der Waals surface area contributed by atoms with Crippen LogP contribution in [0.2, 0.25) is 0 Å². The molecule has 0 radical (unpaired) electrons. The molecule has 0 aliphatic carbocycles. The van der Waals surface area contributed by atoms with E-state index >= 15 is 0 Å². The second kappa shape index (κ2) is 10.6. The molecule has 1 atom stereocenters. The Labute approximate surface area is 221 Å². The van der Waals surface area contributed by atoms with Gasteiger partial charge in [-0.2, -0.15) is 0 Å². The van der Waals surface area contributed by atoms with Crippen molar-refractivity contribution < 1.29 is 23.6 Å². The van der Waals surface area contributed by atoms with Crippen LogP contribution in [-0.4, -0.2) is 52.6 Å². The smallest absolute Gasteiger partial charge is 0.264 e. The van der Waals surface area contributed by atoms with Gasteiger partial charge in [-0.15, -0.1) is 0 Å². The van der Waals surface area contributed by atoms with Crippen molar-refractivity contribution in [1.29, 1.82) is 0 Å². The van der Waals surface area contributed by atoms with Gasteiger partial charge in [0.25, 0.3) is 11.8 Å². The fraction of sp³-hybridized carbons (Fsp3) is 0.448. The lowest BCUT2D eigenvalue weighted by atomic mass is 9.86. The lowest BCUT2D eigenvalue weighted by Gasteiger charge is -2.33. The molecule has 0 bridgehead atoms. The normalized spacial score (nSPS) is 20.7. The highest BCUT2D eigenvalue weighted by atomic mass is 19.1. The van der Waals surface area contributed by atoms with Crippen LogP contribution in [0.4, 0.5) is 10.1 Å². The number of imide groups is 2. The summed E-state index contributed by atoms with van der Waals surface area (Å²) in [7, 11) is 0. The third-order valence-electron chi connectivity index (χ3n) is 8.04. The number of rotatable bonds is 7. The van der Waals surface area contributed by atoms with Crippen LogP contribution in [0.15, 0.2) is 36.4 Å². The van der Waals surface area contributed by atoms with Crippen LogP contribution in [0.25, 0.3) is 0 Å². The second-order valence-corrected chi connectivity index (χ2v) is 10.8. The van der Waals surface area contributed by atoms with Gasteiger partial charge in [-0.3, -0.25) is 34.3 Å². The first kappa shape index (κ1) is 26.0. The zero-order valence-electron chi connectivity index (χ0n) is 21.8. The van der Waals surface area contributed by atoms with Crippen molar-refractivity contribution in [1.82, 2.24) is 15.1 Å². The number of carbonyl (C=O) groups is 4. The molecule has 3 aliphatic heterocycles. The van der Waals surface area contributed by atoms with Crippen molar-refractivity contribution >= 4 is 29.3 Å². The fourth-order valence-electron chi connectivity index (χ4n) is 5.71. The molecule has 5 rings (SSSR count). The number of hydrogen-bond acceptors (Lipinski definition) is 6. The van der Waals surface area contributed by atoms with Crippen LogP contribution in [0.1, 0.15) is 71.4 Å². The summed E-state index contributed by atoms with van der Waals surface area (Å²) in [5, 5.41) is 5.36. The van der Waals surface area contributed by atoms with E-state index in [9.17, 15) is 23.6 Å². The van der Waals surface area contributed by atoms with Gasteiger partial charge in [0.2, 0.25) is 11.8 Å². The van der Waals surface area contributed by atoms with Crippen LogP contribution >= 0.6 is 0 Å². The molecular formula is C29H33FN4O4. The van der Waals surface area contributed by atoms with E-state index in [1.54, 1.807) is 18.2 Å². The largest absolute Gasteiger partial charge is 0.380 e. The number of halogens is 1. The molecule has 0 aromatic heterocycles. The van der Waals surface area contributed by atoms with E-state index in [-0.39, 0.29) is 36.3 Å². The SMILES string of the molecule is CC(C)C1CCN(Cc2ccc(CNc3cccc4c3C(=O)N(C3CCC(=O)NC3=O)C4=O)cc2F)CC1. The van der Waals surface area contributed by atoms with E-state index < -0.39 is 29.7 Å². The van der Waals surface area contributed by atoms with Gasteiger partial charge in [-0.1, -0.05) is 32.0 Å². The van der Waals surface area contributed by atoms with Crippen molar-refractivity contribution in [2.24, 2.45) is 11.8 Å². The van der Waals surface area contributed by atoms with Crippen LogP contribution in [-0.2, 0) is 22.7 Å². The minimum atomic E-state index is -1.02. The van der Waals surface area contributed by atoms with E-state index in [1.165, 1.54) is 6.07 Å². The number of nitrogens with one attached hydrogen (secondary N) is 2. The van der Waals surface area contributed by atoms with Gasteiger partial charge < -0.3 is 5.32 Å². The maximum Gasteiger partial charge on any atom is 0.264 e. The minimum absolute atomic E-state index is 0.0622. The molecule has 0 saturated carbocycles. The average Bonchev–Trinajstić information content (AvgIpc) is 3.15. The summed E-state index contributed by atoms with van der Waals surface area (Å²) >= 11 is 0. The zero-order chi connectivity index (χ0) is 27.0. The van der Waals surface area contributed by atoms with Crippen molar-refractivity contribution in [3.05, 3.63) is 64.5 Å². The molecule has 2 N–H and O–H groups in total. The first-order chi connectivity index (χ1) is 18.2. The molecule has 3 aliphatic rings. The van der Waals surface area contributed by atoms with Crippen molar-refractivity contribution in [2.75, 3.05) is 18.4 Å². The Morgan fingerprint density at radius 3 is 2.47 bits per heavy atom. The van der Waals surface area contributed by atoms with E-state index in [0.29, 0.717) is 29.3 Å². The number of piperidine rings is 2. The predicted octanol–water partition coefficient (Wildman–Crippen LogP) is 3.71. The molecule has 200 valence electrons. The third kappa shape index (κ3) is 5.07. The van der Waals surface area contributed by atoms with Crippen LogP contribution in [0, 0.1) is 17.7 Å². The van der Waals surface area contributed by atoms with Crippen molar-refractivity contribution in [3.8, 4) is 0 Å². The van der Waals surface area contributed by atoms with E-state index in [2.05, 4.69) is 29.4 Å². The monoisotopic (exact) mass is 520 g/mol. The summed E-state index contributed by atoms with van der Waals surface area (Å²) in [5.74, 6) is -1.04. The highest BCUT2D eigenvalue weighted by molar-refractivity contribution is 6.25. The molecular weight excluding hydrogens is 487 g/mol. The summed E-state index contributed by atoms with van der Waals surface area (Å²) in [6.07, 6.45) is 2.45. The van der Waals surface area contributed by atoms with Gasteiger partial charge in [-0.25, -0.2) is 4.39 Å². The Morgan fingerprint density at radius 2 is 1.79 bits per heavy atom. The predicted molar refractivity (Wildman–Crippen MR) is 140 cm³/mol. The first-order valence-corrected chi connectivity index (χ1v) is 13.3. The molecule has 2 aromatic rings. The number of fused-ring (bicyclic) bond motifs is 1. The number of benzene rings is 2. The van der Waals surface area contributed by atoms with E-state index in [1.807, 2.05) is 12.1 Å². The Hall–Kier alpha value is -3.59. The van der Waals surface area contributed by atoms with Crippen molar-refractivity contribution in [3.63, 3.8) is 0 Å². The topological polar surface area (TPSA) is 98.8 Å². The maximum absolute atomic E-state index is 15.0. The quantitative estimate of drug-likeness (QED) is 0.540. The molecule has 2 fully saturated rings. The van der Waals surface area contributed by atoms with Gasteiger partial charge in [0.15, 0.2) is 0 Å². The van der Waals surface area contributed by atoms with Gasteiger partial charge >= 0.3 is 0 Å². The van der Waals surface area contributed by atoms with E-state index in [4.69, 9.17) is 0 Å². The molecule has 9 heteroatoms. The van der Waals surface area contributed by atoms with Crippen molar-refractivity contribution in [2.45, 2.75) is 58.7 Å². The van der Waals surface area contributed by atoms with Crippen LogP contribution in [0.5, 0.6) is 0 Å². The number of nitrogens with zero attached hydrogens (tertiary/aromatic N) is 2. The highest BCUT2D eigenvalue weighted by Crippen LogP contribution is 2.33. The number of amides is 4. The molecule has 0 spiro atoms. The van der Waals surface area contributed by atoms with E-state index in [0.717, 1.165) is 36.7 Å². The van der Waals surface area contributed by atoms with Crippen LogP contribution in [0.3, 0.4) is 0 Å².